The zero-order valence-electron chi connectivity index (χ0n) is 15.3. The summed E-state index contributed by atoms with van der Waals surface area (Å²) >= 11 is 6.24. The number of benzene rings is 2. The maximum atomic E-state index is 13.1. The minimum atomic E-state index is -0.170. The second-order valence-corrected chi connectivity index (χ2v) is 7.07. The Morgan fingerprint density at radius 2 is 1.67 bits per heavy atom. The standard InChI is InChI=1S/C22H18ClN3O/c1-12-10-17(15-6-4-5-7-19(15)24-12)22(27)26-20-11-13(2)25-21-14(3)18(23)9-8-16(20)21/h4-11H,1-3H3,(H,25,26,27). The predicted molar refractivity (Wildman–Crippen MR) is 111 cm³/mol. The Kier molecular flexibility index (Phi) is 4.28. The Morgan fingerprint density at radius 1 is 0.926 bits per heavy atom. The summed E-state index contributed by atoms with van der Waals surface area (Å²) in [4.78, 5) is 22.2. The monoisotopic (exact) mass is 375 g/mol. The van der Waals surface area contributed by atoms with Gasteiger partial charge >= 0.3 is 0 Å². The molecule has 4 nitrogen and oxygen atoms in total. The van der Waals surface area contributed by atoms with Crippen molar-refractivity contribution >= 4 is 45.0 Å². The molecule has 2 aromatic heterocycles. The van der Waals surface area contributed by atoms with Crippen LogP contribution in [0.15, 0.2) is 48.5 Å². The van der Waals surface area contributed by atoms with Crippen molar-refractivity contribution in [2.75, 3.05) is 5.32 Å². The van der Waals surface area contributed by atoms with Gasteiger partial charge in [0.15, 0.2) is 0 Å². The van der Waals surface area contributed by atoms with Crippen molar-refractivity contribution in [1.82, 2.24) is 9.97 Å². The molecule has 0 aliphatic rings. The van der Waals surface area contributed by atoms with E-state index in [0.29, 0.717) is 10.6 Å². The van der Waals surface area contributed by atoms with Gasteiger partial charge in [-0.3, -0.25) is 14.8 Å². The molecular formula is C22H18ClN3O. The largest absolute Gasteiger partial charge is 0.321 e. The zero-order chi connectivity index (χ0) is 19.1. The average molecular weight is 376 g/mol. The fourth-order valence-corrected chi connectivity index (χ4v) is 3.47. The number of hydrogen-bond acceptors (Lipinski definition) is 3. The van der Waals surface area contributed by atoms with Gasteiger partial charge in [-0.1, -0.05) is 29.8 Å². The maximum absolute atomic E-state index is 13.1. The number of halogens is 1. The lowest BCUT2D eigenvalue weighted by Crippen LogP contribution is -2.14. The molecule has 0 saturated heterocycles. The lowest BCUT2D eigenvalue weighted by atomic mass is 10.1. The molecule has 5 heteroatoms. The van der Waals surface area contributed by atoms with Gasteiger partial charge in [-0.15, -0.1) is 0 Å². The van der Waals surface area contributed by atoms with E-state index < -0.39 is 0 Å². The highest BCUT2D eigenvalue weighted by Crippen LogP contribution is 2.30. The summed E-state index contributed by atoms with van der Waals surface area (Å²) in [6.45, 7) is 5.73. The van der Waals surface area contributed by atoms with Gasteiger partial charge in [-0.2, -0.15) is 0 Å². The van der Waals surface area contributed by atoms with Gasteiger partial charge in [-0.05, 0) is 56.7 Å². The third-order valence-electron chi connectivity index (χ3n) is 4.63. The molecule has 4 rings (SSSR count). The Bertz CT molecular complexity index is 1220. The number of pyridine rings is 2. The topological polar surface area (TPSA) is 54.9 Å². The number of nitrogens with one attached hydrogen (secondary N) is 1. The van der Waals surface area contributed by atoms with Gasteiger partial charge in [0.2, 0.25) is 0 Å². The van der Waals surface area contributed by atoms with E-state index in [1.54, 1.807) is 0 Å². The molecule has 0 saturated carbocycles. The number of para-hydroxylation sites is 1. The number of anilines is 1. The second kappa shape index (κ2) is 6.63. The van der Waals surface area contributed by atoms with E-state index in [-0.39, 0.29) is 5.91 Å². The first-order chi connectivity index (χ1) is 12.9. The van der Waals surface area contributed by atoms with Crippen LogP contribution in [-0.4, -0.2) is 15.9 Å². The molecule has 27 heavy (non-hydrogen) atoms. The van der Waals surface area contributed by atoms with E-state index in [4.69, 9.17) is 11.6 Å². The first kappa shape index (κ1) is 17.4. The van der Waals surface area contributed by atoms with Crippen LogP contribution in [0, 0.1) is 20.8 Å². The van der Waals surface area contributed by atoms with Crippen LogP contribution in [-0.2, 0) is 0 Å². The molecule has 1 N–H and O–H groups in total. The number of hydrogen-bond donors (Lipinski definition) is 1. The van der Waals surface area contributed by atoms with Gasteiger partial charge < -0.3 is 5.32 Å². The van der Waals surface area contributed by atoms with Crippen LogP contribution in [0.3, 0.4) is 0 Å². The Hall–Kier alpha value is -2.98. The summed E-state index contributed by atoms with van der Waals surface area (Å²) < 4.78 is 0. The molecule has 0 aliphatic carbocycles. The highest BCUT2D eigenvalue weighted by atomic mass is 35.5. The number of aryl methyl sites for hydroxylation is 3. The van der Waals surface area contributed by atoms with Crippen LogP contribution in [0.25, 0.3) is 21.8 Å². The summed E-state index contributed by atoms with van der Waals surface area (Å²) in [5, 5.41) is 5.41. The highest BCUT2D eigenvalue weighted by molar-refractivity contribution is 6.32. The summed E-state index contributed by atoms with van der Waals surface area (Å²) in [6, 6.07) is 15.1. The number of rotatable bonds is 2. The molecular weight excluding hydrogens is 358 g/mol. The number of nitrogens with zero attached hydrogens (tertiary/aromatic N) is 2. The van der Waals surface area contributed by atoms with E-state index in [2.05, 4.69) is 15.3 Å². The Balaban J connectivity index is 1.84. The van der Waals surface area contributed by atoms with Crippen LogP contribution in [0.5, 0.6) is 0 Å². The molecule has 4 aromatic rings. The molecule has 0 fully saturated rings. The minimum absolute atomic E-state index is 0.170. The maximum Gasteiger partial charge on any atom is 0.256 e. The molecule has 2 heterocycles. The summed E-state index contributed by atoms with van der Waals surface area (Å²) in [6.07, 6.45) is 0. The van der Waals surface area contributed by atoms with Crippen LogP contribution in [0.1, 0.15) is 27.3 Å². The minimum Gasteiger partial charge on any atom is -0.321 e. The number of fused-ring (bicyclic) bond motifs is 2. The fraction of sp³-hybridized carbons (Fsp3) is 0.136. The van der Waals surface area contributed by atoms with Gasteiger partial charge in [0, 0.05) is 27.2 Å². The van der Waals surface area contributed by atoms with E-state index in [0.717, 1.165) is 44.4 Å². The highest BCUT2D eigenvalue weighted by Gasteiger charge is 2.15. The molecule has 0 atom stereocenters. The first-order valence-corrected chi connectivity index (χ1v) is 9.06. The predicted octanol–water partition coefficient (Wildman–Crippen LogP) is 5.61. The molecule has 0 bridgehead atoms. The summed E-state index contributed by atoms with van der Waals surface area (Å²) in [5.74, 6) is -0.170. The molecule has 1 amide bonds. The van der Waals surface area contributed by atoms with Gasteiger partial charge in [-0.25, -0.2) is 0 Å². The molecule has 0 aliphatic heterocycles. The number of amides is 1. The average Bonchev–Trinajstić information content (AvgIpc) is 2.64. The van der Waals surface area contributed by atoms with Crippen molar-refractivity contribution in [2.24, 2.45) is 0 Å². The van der Waals surface area contributed by atoms with Crippen molar-refractivity contribution in [3.05, 3.63) is 76.1 Å². The quantitative estimate of drug-likeness (QED) is 0.495. The first-order valence-electron chi connectivity index (χ1n) is 8.68. The zero-order valence-corrected chi connectivity index (χ0v) is 16.1. The van der Waals surface area contributed by atoms with E-state index in [1.807, 2.05) is 69.3 Å². The fourth-order valence-electron chi connectivity index (χ4n) is 3.32. The van der Waals surface area contributed by atoms with Crippen molar-refractivity contribution in [3.8, 4) is 0 Å². The third kappa shape index (κ3) is 3.13. The lowest BCUT2D eigenvalue weighted by molar-refractivity contribution is 0.102. The summed E-state index contributed by atoms with van der Waals surface area (Å²) in [7, 11) is 0. The van der Waals surface area contributed by atoms with E-state index in [1.165, 1.54) is 0 Å². The van der Waals surface area contributed by atoms with Crippen LogP contribution in [0.4, 0.5) is 5.69 Å². The molecule has 0 unspecified atom stereocenters. The van der Waals surface area contributed by atoms with Gasteiger partial charge in [0.25, 0.3) is 5.91 Å². The number of aromatic nitrogens is 2. The van der Waals surface area contributed by atoms with Crippen LogP contribution in [0.2, 0.25) is 5.02 Å². The molecule has 134 valence electrons. The van der Waals surface area contributed by atoms with E-state index in [9.17, 15) is 4.79 Å². The van der Waals surface area contributed by atoms with Crippen LogP contribution >= 0.6 is 11.6 Å². The SMILES string of the molecule is Cc1cc(C(=O)Nc2cc(C)nc3c(C)c(Cl)ccc23)c2ccccc2n1. The van der Waals surface area contributed by atoms with E-state index >= 15 is 0 Å². The van der Waals surface area contributed by atoms with Gasteiger partial charge in [0.1, 0.15) is 0 Å². The molecule has 0 spiro atoms. The summed E-state index contributed by atoms with van der Waals surface area (Å²) in [5.41, 5.74) is 5.46. The second-order valence-electron chi connectivity index (χ2n) is 6.66. The molecule has 2 aromatic carbocycles. The van der Waals surface area contributed by atoms with Crippen molar-refractivity contribution < 1.29 is 4.79 Å². The number of carbonyl (C=O) groups is 1. The van der Waals surface area contributed by atoms with Crippen molar-refractivity contribution in [1.29, 1.82) is 0 Å². The van der Waals surface area contributed by atoms with Crippen LogP contribution < -0.4 is 5.32 Å². The normalized spacial score (nSPS) is 11.1. The lowest BCUT2D eigenvalue weighted by Gasteiger charge is -2.13. The van der Waals surface area contributed by atoms with Crippen molar-refractivity contribution in [2.45, 2.75) is 20.8 Å². The Labute approximate surface area is 162 Å². The van der Waals surface area contributed by atoms with Crippen molar-refractivity contribution in [3.63, 3.8) is 0 Å². The number of carbonyl (C=O) groups excluding carboxylic acids is 1. The molecule has 0 radical (unpaired) electrons. The Morgan fingerprint density at radius 3 is 2.48 bits per heavy atom. The smallest absolute Gasteiger partial charge is 0.256 e. The van der Waals surface area contributed by atoms with Gasteiger partial charge in [0.05, 0.1) is 22.3 Å². The third-order valence-corrected chi connectivity index (χ3v) is 5.04.